The highest BCUT2D eigenvalue weighted by Crippen LogP contribution is 2.29. The van der Waals surface area contributed by atoms with Crippen LogP contribution in [0.15, 0.2) is 0 Å². The smallest absolute Gasteiger partial charge is 0.224 e. The zero-order valence-corrected chi connectivity index (χ0v) is 10.1. The fraction of sp³-hybridized carbons (Fsp3) is 0.917. The molecule has 1 saturated carbocycles. The number of hydrogen-bond acceptors (Lipinski definition) is 3. The van der Waals surface area contributed by atoms with Crippen LogP contribution in [0.1, 0.15) is 32.6 Å². The van der Waals surface area contributed by atoms with E-state index >= 15 is 0 Å². The Morgan fingerprint density at radius 2 is 2.25 bits per heavy atom. The van der Waals surface area contributed by atoms with Crippen LogP contribution < -0.4 is 11.1 Å². The lowest BCUT2D eigenvalue weighted by Crippen LogP contribution is -2.42. The highest BCUT2D eigenvalue weighted by molar-refractivity contribution is 5.79. The monoisotopic (exact) mass is 225 g/mol. The highest BCUT2D eigenvalue weighted by Gasteiger charge is 2.35. The Morgan fingerprint density at radius 1 is 1.50 bits per heavy atom. The molecule has 92 valence electrons. The van der Waals surface area contributed by atoms with E-state index in [9.17, 15) is 4.79 Å². The first-order chi connectivity index (χ1) is 7.74. The van der Waals surface area contributed by atoms with Crippen LogP contribution in [0.2, 0.25) is 0 Å². The van der Waals surface area contributed by atoms with Gasteiger partial charge in [0, 0.05) is 37.6 Å². The number of amides is 1. The van der Waals surface area contributed by atoms with Crippen molar-refractivity contribution in [3.05, 3.63) is 0 Å². The topological polar surface area (TPSA) is 58.4 Å². The van der Waals surface area contributed by atoms with Crippen molar-refractivity contribution < 1.29 is 4.79 Å². The number of hydrogen-bond donors (Lipinski definition) is 2. The third-order valence-corrected chi connectivity index (χ3v) is 3.78. The van der Waals surface area contributed by atoms with E-state index in [1.807, 2.05) is 6.92 Å². The van der Waals surface area contributed by atoms with Crippen molar-refractivity contribution in [1.82, 2.24) is 10.2 Å². The summed E-state index contributed by atoms with van der Waals surface area (Å²) in [5, 5.41) is 3.13. The summed E-state index contributed by atoms with van der Waals surface area (Å²) in [5.41, 5.74) is 5.57. The molecule has 1 heterocycles. The maximum atomic E-state index is 11.8. The predicted molar refractivity (Wildman–Crippen MR) is 64.0 cm³/mol. The lowest BCUT2D eigenvalue weighted by molar-refractivity contribution is -0.125. The van der Waals surface area contributed by atoms with Gasteiger partial charge in [0.1, 0.15) is 0 Å². The van der Waals surface area contributed by atoms with Gasteiger partial charge in [0.25, 0.3) is 0 Å². The molecule has 0 aromatic carbocycles. The van der Waals surface area contributed by atoms with Crippen LogP contribution in [0.5, 0.6) is 0 Å². The molecule has 0 aromatic heterocycles. The highest BCUT2D eigenvalue weighted by atomic mass is 16.2. The van der Waals surface area contributed by atoms with Crippen LogP contribution in [-0.2, 0) is 4.79 Å². The van der Waals surface area contributed by atoms with Crippen LogP contribution in [0.3, 0.4) is 0 Å². The van der Waals surface area contributed by atoms with Crippen molar-refractivity contribution in [2.24, 2.45) is 11.7 Å². The van der Waals surface area contributed by atoms with Gasteiger partial charge in [-0.3, -0.25) is 9.69 Å². The first-order valence-corrected chi connectivity index (χ1v) is 6.49. The van der Waals surface area contributed by atoms with E-state index in [0.29, 0.717) is 12.6 Å². The summed E-state index contributed by atoms with van der Waals surface area (Å²) in [6.07, 6.45) is 4.63. The molecule has 2 rings (SSSR count). The van der Waals surface area contributed by atoms with E-state index in [0.717, 1.165) is 32.0 Å². The predicted octanol–water partition coefficient (Wildman–Crippen LogP) is 0.324. The van der Waals surface area contributed by atoms with E-state index in [1.165, 1.54) is 12.8 Å². The minimum absolute atomic E-state index is 0.00465. The Labute approximate surface area is 97.6 Å². The van der Waals surface area contributed by atoms with Crippen molar-refractivity contribution in [2.45, 2.75) is 44.7 Å². The Balaban J connectivity index is 1.75. The van der Waals surface area contributed by atoms with E-state index in [1.54, 1.807) is 0 Å². The Kier molecular flexibility index (Phi) is 3.82. The van der Waals surface area contributed by atoms with Gasteiger partial charge in [0.05, 0.1) is 0 Å². The number of nitrogens with two attached hydrogens (primary N) is 1. The molecule has 2 aliphatic rings. The Bertz CT molecular complexity index is 249. The van der Waals surface area contributed by atoms with Gasteiger partial charge in [-0.05, 0) is 25.7 Å². The maximum absolute atomic E-state index is 11.8. The third-order valence-electron chi connectivity index (χ3n) is 3.78. The second-order valence-electron chi connectivity index (χ2n) is 5.06. The van der Waals surface area contributed by atoms with Crippen molar-refractivity contribution in [3.8, 4) is 0 Å². The van der Waals surface area contributed by atoms with Gasteiger partial charge in [-0.25, -0.2) is 0 Å². The minimum atomic E-state index is -0.00465. The van der Waals surface area contributed by atoms with E-state index < -0.39 is 0 Å². The summed E-state index contributed by atoms with van der Waals surface area (Å²) >= 11 is 0. The number of carbonyl (C=O) groups excluding carboxylic acids is 1. The standard InChI is InChI=1S/C12H23N3O/c1-2-9(7-13)12(16)14-10-5-6-15(8-10)11-3-4-11/h9-11H,2-8,13H2,1H3,(H,14,16). The largest absolute Gasteiger partial charge is 0.352 e. The molecule has 0 radical (unpaired) electrons. The van der Waals surface area contributed by atoms with Crippen LogP contribution >= 0.6 is 0 Å². The average Bonchev–Trinajstić information content (AvgIpc) is 3.02. The van der Waals surface area contributed by atoms with Crippen LogP contribution in [0.25, 0.3) is 0 Å². The van der Waals surface area contributed by atoms with Gasteiger partial charge < -0.3 is 11.1 Å². The zero-order chi connectivity index (χ0) is 11.5. The van der Waals surface area contributed by atoms with Gasteiger partial charge in [0.2, 0.25) is 5.91 Å². The SMILES string of the molecule is CCC(CN)C(=O)NC1CCN(C2CC2)C1. The second kappa shape index (κ2) is 5.15. The molecule has 2 atom stereocenters. The van der Waals surface area contributed by atoms with E-state index in [2.05, 4.69) is 10.2 Å². The van der Waals surface area contributed by atoms with Crippen LogP contribution in [-0.4, -0.2) is 42.5 Å². The normalized spacial score (nSPS) is 28.0. The molecule has 2 fully saturated rings. The lowest BCUT2D eigenvalue weighted by Gasteiger charge is -2.18. The first-order valence-electron chi connectivity index (χ1n) is 6.49. The van der Waals surface area contributed by atoms with Crippen molar-refractivity contribution in [3.63, 3.8) is 0 Å². The number of nitrogens with zero attached hydrogens (tertiary/aromatic N) is 1. The van der Waals surface area contributed by atoms with E-state index in [-0.39, 0.29) is 11.8 Å². The van der Waals surface area contributed by atoms with Gasteiger partial charge in [-0.2, -0.15) is 0 Å². The molecule has 0 aromatic rings. The Morgan fingerprint density at radius 3 is 2.81 bits per heavy atom. The average molecular weight is 225 g/mol. The number of rotatable bonds is 5. The van der Waals surface area contributed by atoms with Crippen LogP contribution in [0, 0.1) is 5.92 Å². The molecule has 1 aliphatic carbocycles. The molecular weight excluding hydrogens is 202 g/mol. The number of carbonyl (C=O) groups is 1. The molecule has 4 heteroatoms. The molecule has 3 N–H and O–H groups in total. The van der Waals surface area contributed by atoms with Gasteiger partial charge in [0.15, 0.2) is 0 Å². The molecule has 1 saturated heterocycles. The fourth-order valence-electron chi connectivity index (χ4n) is 2.45. The lowest BCUT2D eigenvalue weighted by atomic mass is 10.1. The fourth-order valence-corrected chi connectivity index (χ4v) is 2.45. The summed E-state index contributed by atoms with van der Waals surface area (Å²) < 4.78 is 0. The van der Waals surface area contributed by atoms with Crippen molar-refractivity contribution >= 4 is 5.91 Å². The number of nitrogens with one attached hydrogen (secondary N) is 1. The zero-order valence-electron chi connectivity index (χ0n) is 10.1. The summed E-state index contributed by atoms with van der Waals surface area (Å²) in [7, 11) is 0. The van der Waals surface area contributed by atoms with Gasteiger partial charge in [-0.15, -0.1) is 0 Å². The molecule has 0 spiro atoms. The first kappa shape index (κ1) is 11.9. The molecule has 1 amide bonds. The summed E-state index contributed by atoms with van der Waals surface area (Å²) in [6.45, 7) is 4.66. The van der Waals surface area contributed by atoms with Crippen molar-refractivity contribution in [2.75, 3.05) is 19.6 Å². The molecular formula is C12H23N3O. The third kappa shape index (κ3) is 2.74. The summed E-state index contributed by atoms with van der Waals surface area (Å²) in [5.74, 6) is 0.141. The summed E-state index contributed by atoms with van der Waals surface area (Å²) in [6, 6.07) is 1.17. The molecule has 4 nitrogen and oxygen atoms in total. The van der Waals surface area contributed by atoms with Gasteiger partial charge in [-0.1, -0.05) is 6.92 Å². The van der Waals surface area contributed by atoms with Crippen LogP contribution in [0.4, 0.5) is 0 Å². The Hall–Kier alpha value is -0.610. The molecule has 2 unspecified atom stereocenters. The molecule has 16 heavy (non-hydrogen) atoms. The van der Waals surface area contributed by atoms with Gasteiger partial charge >= 0.3 is 0 Å². The molecule has 1 aliphatic heterocycles. The quantitative estimate of drug-likeness (QED) is 0.708. The number of likely N-dealkylation sites (tertiary alicyclic amines) is 1. The van der Waals surface area contributed by atoms with E-state index in [4.69, 9.17) is 5.73 Å². The second-order valence-corrected chi connectivity index (χ2v) is 5.06. The minimum Gasteiger partial charge on any atom is -0.352 e. The maximum Gasteiger partial charge on any atom is 0.224 e. The molecule has 0 bridgehead atoms. The summed E-state index contributed by atoms with van der Waals surface area (Å²) in [4.78, 5) is 14.4. The van der Waals surface area contributed by atoms with Crippen molar-refractivity contribution in [1.29, 1.82) is 0 Å².